The van der Waals surface area contributed by atoms with E-state index in [2.05, 4.69) is 51.9 Å². The van der Waals surface area contributed by atoms with Crippen molar-refractivity contribution in [3.8, 4) is 0 Å². The molecule has 4 amide bonds. The predicted octanol–water partition coefficient (Wildman–Crippen LogP) is 1.58. The molecule has 236 valence electrons. The van der Waals surface area contributed by atoms with E-state index in [4.69, 9.17) is 5.73 Å². The number of hydrogen-bond acceptors (Lipinski definition) is 10. The summed E-state index contributed by atoms with van der Waals surface area (Å²) >= 11 is 0. The van der Waals surface area contributed by atoms with Gasteiger partial charge in [-0.05, 0) is 56.4 Å². The van der Waals surface area contributed by atoms with E-state index in [1.807, 2.05) is 6.92 Å². The number of nitrogens with zero attached hydrogens (tertiary/aromatic N) is 4. The van der Waals surface area contributed by atoms with Gasteiger partial charge in [0.15, 0.2) is 17.3 Å². The average molecular weight is 613 g/mol. The number of carbonyl (C=O) groups is 4. The Morgan fingerprint density at radius 2 is 1.55 bits per heavy atom. The van der Waals surface area contributed by atoms with Crippen molar-refractivity contribution in [1.82, 2.24) is 41.2 Å². The van der Waals surface area contributed by atoms with Gasteiger partial charge in [0.25, 0.3) is 17.7 Å². The highest BCUT2D eigenvalue weighted by molar-refractivity contribution is 6.06. The standard InChI is InChI=1S/C26H36N12O6/c1-14(15-7-3-2-4-8-15)28-23(39)16(9-5-6-10-27)29-24(40)17-11-20(35-32-17)30-25(41)18-12-21(36-33-18)31-26(42)19-13-22(37-34-19)38(43)44/h11-16H,2-10,27H2,1H3,(H,28,39)(H,29,40)(H,34,37)(H2,30,32,35,41)(H2,31,33,36,42)/t14-,16+/m1/s1. The summed E-state index contributed by atoms with van der Waals surface area (Å²) in [5.41, 5.74) is 5.35. The quantitative estimate of drug-likeness (QED) is 0.0739. The summed E-state index contributed by atoms with van der Waals surface area (Å²) in [5, 5.41) is 39.9. The van der Waals surface area contributed by atoms with Crippen molar-refractivity contribution < 1.29 is 24.1 Å². The van der Waals surface area contributed by atoms with Crippen molar-refractivity contribution in [2.24, 2.45) is 11.7 Å². The highest BCUT2D eigenvalue weighted by Gasteiger charge is 2.27. The second-order valence-electron chi connectivity index (χ2n) is 10.6. The molecule has 2 atom stereocenters. The fourth-order valence-electron chi connectivity index (χ4n) is 4.96. The topological polar surface area (TPSA) is 272 Å². The van der Waals surface area contributed by atoms with Gasteiger partial charge in [-0.1, -0.05) is 24.4 Å². The Kier molecular flexibility index (Phi) is 10.7. The number of H-pyrrole nitrogens is 3. The minimum Gasteiger partial charge on any atom is -0.358 e. The summed E-state index contributed by atoms with van der Waals surface area (Å²) in [5.74, 6) is -2.34. The molecule has 1 aliphatic rings. The Morgan fingerprint density at radius 1 is 0.909 bits per heavy atom. The van der Waals surface area contributed by atoms with Gasteiger partial charge in [-0.3, -0.25) is 29.4 Å². The summed E-state index contributed by atoms with van der Waals surface area (Å²) in [4.78, 5) is 61.1. The summed E-state index contributed by atoms with van der Waals surface area (Å²) < 4.78 is 0. The number of unbranched alkanes of at least 4 members (excludes halogenated alkanes) is 1. The van der Waals surface area contributed by atoms with E-state index < -0.39 is 34.5 Å². The Balaban J connectivity index is 1.32. The fourth-order valence-corrected chi connectivity index (χ4v) is 4.96. The molecule has 1 fully saturated rings. The second kappa shape index (κ2) is 14.9. The van der Waals surface area contributed by atoms with Crippen molar-refractivity contribution in [3.63, 3.8) is 0 Å². The van der Waals surface area contributed by atoms with Crippen LogP contribution in [0, 0.1) is 16.0 Å². The van der Waals surface area contributed by atoms with Crippen LogP contribution in [0.1, 0.15) is 89.8 Å². The number of nitro groups is 1. The summed E-state index contributed by atoms with van der Waals surface area (Å²) in [6, 6.07) is 2.72. The zero-order valence-electron chi connectivity index (χ0n) is 24.1. The maximum absolute atomic E-state index is 13.1. The first-order chi connectivity index (χ1) is 21.1. The van der Waals surface area contributed by atoms with Crippen molar-refractivity contribution >= 4 is 41.1 Å². The van der Waals surface area contributed by atoms with Gasteiger partial charge in [-0.2, -0.15) is 10.2 Å². The Labute approximate surface area is 251 Å². The molecule has 0 spiro atoms. The van der Waals surface area contributed by atoms with Crippen LogP contribution in [0.3, 0.4) is 0 Å². The largest absolute Gasteiger partial charge is 0.358 e. The third-order valence-electron chi connectivity index (χ3n) is 7.42. The Hall–Kier alpha value is -5.13. The van der Waals surface area contributed by atoms with Gasteiger partial charge in [0.2, 0.25) is 5.91 Å². The van der Waals surface area contributed by atoms with Crippen LogP contribution in [0.25, 0.3) is 0 Å². The zero-order chi connectivity index (χ0) is 31.6. The molecule has 44 heavy (non-hydrogen) atoms. The molecule has 1 aliphatic carbocycles. The smallest absolute Gasteiger partial charge is 0.343 e. The molecule has 0 radical (unpaired) electrons. The van der Waals surface area contributed by atoms with Crippen molar-refractivity contribution in [3.05, 3.63) is 45.4 Å². The summed E-state index contributed by atoms with van der Waals surface area (Å²) in [7, 11) is 0. The molecule has 9 N–H and O–H groups in total. The molecule has 3 aromatic heterocycles. The monoisotopic (exact) mass is 612 g/mol. The number of amides is 4. The molecule has 18 nitrogen and oxygen atoms in total. The van der Waals surface area contributed by atoms with Gasteiger partial charge in [-0.25, -0.2) is 0 Å². The molecule has 3 heterocycles. The highest BCUT2D eigenvalue weighted by Crippen LogP contribution is 2.26. The van der Waals surface area contributed by atoms with E-state index in [0.29, 0.717) is 31.7 Å². The van der Waals surface area contributed by atoms with Crippen LogP contribution in [0.4, 0.5) is 17.5 Å². The lowest BCUT2D eigenvalue weighted by molar-refractivity contribution is -0.389. The van der Waals surface area contributed by atoms with E-state index in [1.54, 1.807) is 0 Å². The van der Waals surface area contributed by atoms with Crippen LogP contribution in [0.5, 0.6) is 0 Å². The van der Waals surface area contributed by atoms with E-state index in [-0.39, 0.29) is 40.7 Å². The molecule has 18 heteroatoms. The van der Waals surface area contributed by atoms with Crippen molar-refractivity contribution in [2.75, 3.05) is 17.2 Å². The van der Waals surface area contributed by atoms with Gasteiger partial charge >= 0.3 is 5.82 Å². The highest BCUT2D eigenvalue weighted by atomic mass is 16.6. The summed E-state index contributed by atoms with van der Waals surface area (Å²) in [6.45, 7) is 2.48. The molecule has 0 unspecified atom stereocenters. The van der Waals surface area contributed by atoms with Gasteiger partial charge in [0, 0.05) is 18.2 Å². The number of anilines is 2. The normalized spacial score (nSPS) is 14.8. The Bertz CT molecular complexity index is 1470. The van der Waals surface area contributed by atoms with Crippen LogP contribution in [-0.4, -0.2) is 77.8 Å². The third-order valence-corrected chi connectivity index (χ3v) is 7.42. The third kappa shape index (κ3) is 8.46. The van der Waals surface area contributed by atoms with Crippen LogP contribution in [-0.2, 0) is 4.79 Å². The molecule has 0 aliphatic heterocycles. The number of aromatic nitrogens is 6. The van der Waals surface area contributed by atoms with Gasteiger partial charge in [0.05, 0.1) is 6.07 Å². The number of carbonyl (C=O) groups excluding carboxylic acids is 4. The first kappa shape index (κ1) is 31.8. The summed E-state index contributed by atoms with van der Waals surface area (Å²) in [6.07, 6.45) is 7.44. The van der Waals surface area contributed by atoms with Crippen LogP contribution in [0.2, 0.25) is 0 Å². The Morgan fingerprint density at radius 3 is 2.16 bits per heavy atom. The minimum absolute atomic E-state index is 0.00579. The predicted molar refractivity (Wildman–Crippen MR) is 157 cm³/mol. The van der Waals surface area contributed by atoms with E-state index in [0.717, 1.165) is 31.7 Å². The van der Waals surface area contributed by atoms with Gasteiger partial charge in [-0.15, -0.1) is 5.10 Å². The maximum Gasteiger partial charge on any atom is 0.343 e. The molecule has 4 rings (SSSR count). The molecule has 0 bridgehead atoms. The number of nitrogens with two attached hydrogens (primary N) is 1. The van der Waals surface area contributed by atoms with Crippen LogP contribution >= 0.6 is 0 Å². The SMILES string of the molecule is C[C@@H](NC(=O)[C@H](CCCCN)NC(=O)c1cc(NC(=O)c2cc(NC(=O)c3cc([N+](=O)[O-])[nH]n3)n[nH]2)n[nH]1)C1CCCCC1. The first-order valence-electron chi connectivity index (χ1n) is 14.4. The molecular formula is C26H36N12O6. The van der Waals surface area contributed by atoms with E-state index >= 15 is 0 Å². The molecule has 1 saturated carbocycles. The van der Waals surface area contributed by atoms with E-state index in [1.165, 1.54) is 18.6 Å². The first-order valence-corrected chi connectivity index (χ1v) is 14.4. The number of hydrogen-bond donors (Lipinski definition) is 8. The molecular weight excluding hydrogens is 576 g/mol. The fraction of sp³-hybridized carbons (Fsp3) is 0.500. The molecule has 0 saturated heterocycles. The molecule has 3 aromatic rings. The van der Waals surface area contributed by atoms with Gasteiger partial charge < -0.3 is 37.1 Å². The lowest BCUT2D eigenvalue weighted by Crippen LogP contribution is -2.50. The lowest BCUT2D eigenvalue weighted by atomic mass is 9.84. The second-order valence-corrected chi connectivity index (χ2v) is 10.6. The molecule has 0 aromatic carbocycles. The number of nitrogens with one attached hydrogen (secondary N) is 7. The van der Waals surface area contributed by atoms with Crippen LogP contribution < -0.4 is 27.0 Å². The maximum atomic E-state index is 13.1. The number of rotatable bonds is 14. The van der Waals surface area contributed by atoms with Crippen LogP contribution in [0.15, 0.2) is 18.2 Å². The van der Waals surface area contributed by atoms with E-state index in [9.17, 15) is 29.3 Å². The lowest BCUT2D eigenvalue weighted by Gasteiger charge is -2.29. The van der Waals surface area contributed by atoms with Crippen molar-refractivity contribution in [1.29, 1.82) is 0 Å². The number of aromatic amines is 3. The van der Waals surface area contributed by atoms with Gasteiger partial charge in [0.1, 0.15) is 17.4 Å². The van der Waals surface area contributed by atoms with Crippen molar-refractivity contribution in [2.45, 2.75) is 70.4 Å². The zero-order valence-corrected chi connectivity index (χ0v) is 24.1. The average Bonchev–Trinajstić information content (AvgIpc) is 3.78. The minimum atomic E-state index is -0.783.